The number of piperidine rings is 1. The molecule has 0 unspecified atom stereocenters. The maximum absolute atomic E-state index is 9.16. The Bertz CT molecular complexity index is 147. The molecule has 2 aliphatic heterocycles. The highest BCUT2D eigenvalue weighted by molar-refractivity contribution is 4.88. The van der Waals surface area contributed by atoms with E-state index in [4.69, 9.17) is 5.11 Å². The Morgan fingerprint density at radius 1 is 1.42 bits per heavy atom. The van der Waals surface area contributed by atoms with E-state index in [1.54, 1.807) is 0 Å². The summed E-state index contributed by atoms with van der Waals surface area (Å²) in [4.78, 5) is 2.52. The number of likely N-dealkylation sites (tertiary alicyclic amines) is 1. The molecular formula is C9H18N2O. The number of hydrogen-bond donors (Lipinski definition) is 2. The van der Waals surface area contributed by atoms with Crippen molar-refractivity contribution in [2.75, 3.05) is 32.8 Å². The molecule has 0 aromatic rings. The molecule has 0 spiro atoms. The molecule has 0 bridgehead atoms. The van der Waals surface area contributed by atoms with Crippen LogP contribution < -0.4 is 5.32 Å². The van der Waals surface area contributed by atoms with Gasteiger partial charge in [-0.2, -0.15) is 0 Å². The molecular weight excluding hydrogens is 152 g/mol. The smallest absolute Gasteiger partial charge is 0.0486 e. The highest BCUT2D eigenvalue weighted by Crippen LogP contribution is 2.22. The van der Waals surface area contributed by atoms with Gasteiger partial charge in [0.05, 0.1) is 0 Å². The van der Waals surface area contributed by atoms with Crippen molar-refractivity contribution in [2.24, 2.45) is 5.92 Å². The fourth-order valence-corrected chi connectivity index (χ4v) is 2.25. The predicted octanol–water partition coefficient (Wildman–Crippen LogP) is -0.337. The molecule has 2 saturated heterocycles. The molecule has 0 saturated carbocycles. The Kier molecular flexibility index (Phi) is 2.63. The molecule has 2 aliphatic rings. The van der Waals surface area contributed by atoms with Crippen molar-refractivity contribution in [3.05, 3.63) is 0 Å². The van der Waals surface area contributed by atoms with Crippen LogP contribution in [0.5, 0.6) is 0 Å². The van der Waals surface area contributed by atoms with E-state index in [2.05, 4.69) is 10.2 Å². The number of rotatable bonds is 2. The highest BCUT2D eigenvalue weighted by atomic mass is 16.3. The maximum atomic E-state index is 9.16. The maximum Gasteiger partial charge on any atom is 0.0486 e. The molecule has 2 fully saturated rings. The molecule has 0 amide bonds. The van der Waals surface area contributed by atoms with Crippen molar-refractivity contribution in [3.63, 3.8) is 0 Å². The van der Waals surface area contributed by atoms with Gasteiger partial charge in [0, 0.05) is 25.1 Å². The Labute approximate surface area is 73.8 Å². The lowest BCUT2D eigenvalue weighted by Gasteiger charge is -2.44. The van der Waals surface area contributed by atoms with Crippen LogP contribution >= 0.6 is 0 Å². The highest BCUT2D eigenvalue weighted by Gasteiger charge is 2.31. The molecule has 0 aliphatic carbocycles. The predicted molar refractivity (Wildman–Crippen MR) is 48.0 cm³/mol. The third-order valence-corrected chi connectivity index (χ3v) is 3.16. The SMILES string of the molecule is OC[C@H]1CNCC[C@@H]1N1CCC1. The quantitative estimate of drug-likeness (QED) is 0.595. The number of aliphatic hydroxyl groups excluding tert-OH is 1. The normalized spacial score (nSPS) is 37.8. The van der Waals surface area contributed by atoms with E-state index in [-0.39, 0.29) is 0 Å². The van der Waals surface area contributed by atoms with E-state index in [1.807, 2.05) is 0 Å². The van der Waals surface area contributed by atoms with Gasteiger partial charge in [-0.25, -0.2) is 0 Å². The molecule has 3 nitrogen and oxygen atoms in total. The Morgan fingerprint density at radius 3 is 2.83 bits per heavy atom. The summed E-state index contributed by atoms with van der Waals surface area (Å²) in [5.41, 5.74) is 0. The standard InChI is InChI=1S/C9H18N2O/c12-7-8-6-10-3-2-9(8)11-4-1-5-11/h8-10,12H,1-7H2/t8-,9+/m1/s1. The molecule has 12 heavy (non-hydrogen) atoms. The Hall–Kier alpha value is -0.120. The summed E-state index contributed by atoms with van der Waals surface area (Å²) in [5.74, 6) is 0.471. The van der Waals surface area contributed by atoms with Gasteiger partial charge in [0.2, 0.25) is 0 Å². The minimum absolute atomic E-state index is 0.341. The molecule has 0 aromatic carbocycles. The monoisotopic (exact) mass is 170 g/mol. The lowest BCUT2D eigenvalue weighted by atomic mass is 9.90. The van der Waals surface area contributed by atoms with Crippen LogP contribution in [0.15, 0.2) is 0 Å². The van der Waals surface area contributed by atoms with Crippen molar-refractivity contribution in [3.8, 4) is 0 Å². The summed E-state index contributed by atoms with van der Waals surface area (Å²) in [6.07, 6.45) is 2.56. The van der Waals surface area contributed by atoms with Gasteiger partial charge in [-0.3, -0.25) is 4.90 Å². The molecule has 70 valence electrons. The lowest BCUT2D eigenvalue weighted by Crippen LogP contribution is -2.55. The second kappa shape index (κ2) is 3.73. The van der Waals surface area contributed by atoms with Crippen molar-refractivity contribution in [1.82, 2.24) is 10.2 Å². The second-order valence-electron chi connectivity index (χ2n) is 3.89. The first-order valence-corrected chi connectivity index (χ1v) is 4.97. The van der Waals surface area contributed by atoms with Crippen LogP contribution in [0.3, 0.4) is 0 Å². The Morgan fingerprint density at radius 2 is 2.25 bits per heavy atom. The first kappa shape index (κ1) is 8.48. The molecule has 2 heterocycles. The zero-order valence-corrected chi connectivity index (χ0v) is 7.50. The summed E-state index contributed by atoms with van der Waals surface area (Å²) >= 11 is 0. The van der Waals surface area contributed by atoms with Crippen LogP contribution in [0.1, 0.15) is 12.8 Å². The fraction of sp³-hybridized carbons (Fsp3) is 1.00. The largest absolute Gasteiger partial charge is 0.396 e. The van der Waals surface area contributed by atoms with Crippen LogP contribution in [-0.4, -0.2) is 48.8 Å². The zero-order chi connectivity index (χ0) is 8.39. The van der Waals surface area contributed by atoms with Gasteiger partial charge in [0.15, 0.2) is 0 Å². The molecule has 2 N–H and O–H groups in total. The zero-order valence-electron chi connectivity index (χ0n) is 7.50. The van der Waals surface area contributed by atoms with E-state index in [0.717, 1.165) is 13.1 Å². The summed E-state index contributed by atoms with van der Waals surface area (Å²) in [7, 11) is 0. The molecule has 2 rings (SSSR count). The van der Waals surface area contributed by atoms with Gasteiger partial charge < -0.3 is 10.4 Å². The van der Waals surface area contributed by atoms with Crippen LogP contribution in [0.25, 0.3) is 0 Å². The second-order valence-corrected chi connectivity index (χ2v) is 3.89. The van der Waals surface area contributed by atoms with Crippen molar-refractivity contribution < 1.29 is 5.11 Å². The molecule has 3 heteroatoms. The van der Waals surface area contributed by atoms with E-state index in [1.165, 1.54) is 25.9 Å². The summed E-state index contributed by atoms with van der Waals surface area (Å²) in [5, 5.41) is 12.5. The number of aliphatic hydroxyl groups is 1. The fourth-order valence-electron chi connectivity index (χ4n) is 2.25. The average molecular weight is 170 g/mol. The van der Waals surface area contributed by atoms with E-state index in [9.17, 15) is 0 Å². The number of nitrogens with zero attached hydrogens (tertiary/aromatic N) is 1. The molecule has 0 radical (unpaired) electrons. The van der Waals surface area contributed by atoms with E-state index >= 15 is 0 Å². The Balaban J connectivity index is 1.90. The van der Waals surface area contributed by atoms with E-state index < -0.39 is 0 Å². The van der Waals surface area contributed by atoms with Gasteiger partial charge >= 0.3 is 0 Å². The van der Waals surface area contributed by atoms with Crippen LogP contribution in [-0.2, 0) is 0 Å². The number of hydrogen-bond acceptors (Lipinski definition) is 3. The van der Waals surface area contributed by atoms with Crippen molar-refractivity contribution in [2.45, 2.75) is 18.9 Å². The summed E-state index contributed by atoms with van der Waals surface area (Å²) < 4.78 is 0. The third kappa shape index (κ3) is 1.49. The van der Waals surface area contributed by atoms with Crippen molar-refractivity contribution >= 4 is 0 Å². The van der Waals surface area contributed by atoms with Crippen molar-refractivity contribution in [1.29, 1.82) is 0 Å². The minimum atomic E-state index is 0.341. The van der Waals surface area contributed by atoms with Gasteiger partial charge in [0.1, 0.15) is 0 Å². The van der Waals surface area contributed by atoms with E-state index in [0.29, 0.717) is 18.6 Å². The molecule has 2 atom stereocenters. The summed E-state index contributed by atoms with van der Waals surface area (Å²) in [6.45, 7) is 4.96. The van der Waals surface area contributed by atoms with Crippen LogP contribution in [0.4, 0.5) is 0 Å². The first-order valence-electron chi connectivity index (χ1n) is 4.97. The van der Waals surface area contributed by atoms with Gasteiger partial charge in [0.25, 0.3) is 0 Å². The minimum Gasteiger partial charge on any atom is -0.396 e. The third-order valence-electron chi connectivity index (χ3n) is 3.16. The average Bonchev–Trinajstić information content (AvgIpc) is 2.02. The van der Waals surface area contributed by atoms with Crippen LogP contribution in [0.2, 0.25) is 0 Å². The van der Waals surface area contributed by atoms with Crippen LogP contribution in [0, 0.1) is 5.92 Å². The number of nitrogens with one attached hydrogen (secondary N) is 1. The topological polar surface area (TPSA) is 35.5 Å². The van der Waals surface area contributed by atoms with Gasteiger partial charge in [-0.1, -0.05) is 0 Å². The molecule has 0 aromatic heterocycles. The van der Waals surface area contributed by atoms with Gasteiger partial charge in [-0.15, -0.1) is 0 Å². The first-order chi connectivity index (χ1) is 5.92. The lowest BCUT2D eigenvalue weighted by molar-refractivity contribution is 0.0342. The summed E-state index contributed by atoms with van der Waals surface area (Å²) in [6, 6.07) is 0.657. The van der Waals surface area contributed by atoms with Gasteiger partial charge in [-0.05, 0) is 32.5 Å².